The van der Waals surface area contributed by atoms with Crippen LogP contribution in [0.3, 0.4) is 0 Å². The van der Waals surface area contributed by atoms with Crippen LogP contribution in [-0.4, -0.2) is 35.1 Å². The molecular formula is C30H22N4O6. The van der Waals surface area contributed by atoms with E-state index in [0.29, 0.717) is 28.1 Å². The Morgan fingerprint density at radius 2 is 1.60 bits per heavy atom. The molecule has 0 saturated carbocycles. The molecule has 0 aliphatic rings. The summed E-state index contributed by atoms with van der Waals surface area (Å²) in [4.78, 5) is 39.4. The largest absolute Gasteiger partial charge is 0.495 e. The van der Waals surface area contributed by atoms with Gasteiger partial charge in [0, 0.05) is 28.6 Å². The summed E-state index contributed by atoms with van der Waals surface area (Å²) in [6.45, 7) is 0. The number of amides is 1. The van der Waals surface area contributed by atoms with Crippen LogP contribution in [-0.2, 0) is 0 Å². The number of rotatable bonds is 8. The first kappa shape index (κ1) is 25.9. The number of aromatic nitrogens is 1. The molecule has 0 saturated heterocycles. The minimum absolute atomic E-state index is 0.136. The predicted molar refractivity (Wildman–Crippen MR) is 150 cm³/mol. The Balaban J connectivity index is 1.38. The van der Waals surface area contributed by atoms with Crippen LogP contribution in [0.25, 0.3) is 22.0 Å². The second-order valence-electron chi connectivity index (χ2n) is 8.55. The maximum absolute atomic E-state index is 13.3. The fraction of sp³-hybridized carbons (Fsp3) is 0.0333. The number of aromatic amines is 1. The molecule has 10 nitrogen and oxygen atoms in total. The van der Waals surface area contributed by atoms with E-state index >= 15 is 0 Å². The van der Waals surface area contributed by atoms with E-state index in [4.69, 9.17) is 9.47 Å². The summed E-state index contributed by atoms with van der Waals surface area (Å²) in [5.74, 6) is -0.377. The Bertz CT molecular complexity index is 1740. The predicted octanol–water partition coefficient (Wildman–Crippen LogP) is 5.73. The van der Waals surface area contributed by atoms with E-state index in [1.165, 1.54) is 30.5 Å². The molecule has 0 aliphatic carbocycles. The van der Waals surface area contributed by atoms with Crippen molar-refractivity contribution in [2.24, 2.45) is 5.10 Å². The molecule has 5 aromatic rings. The fourth-order valence-electron chi connectivity index (χ4n) is 4.21. The van der Waals surface area contributed by atoms with Crippen molar-refractivity contribution in [2.45, 2.75) is 0 Å². The molecule has 0 radical (unpaired) electrons. The third kappa shape index (κ3) is 5.27. The first-order valence-corrected chi connectivity index (χ1v) is 12.1. The molecule has 0 bridgehead atoms. The van der Waals surface area contributed by atoms with Gasteiger partial charge in [0.25, 0.3) is 11.6 Å². The van der Waals surface area contributed by atoms with Crippen LogP contribution in [0.5, 0.6) is 11.5 Å². The number of ether oxygens (including phenoxy) is 2. The highest BCUT2D eigenvalue weighted by molar-refractivity contribution is 6.11. The summed E-state index contributed by atoms with van der Waals surface area (Å²) in [5, 5.41) is 15.8. The number of hydrogen-bond acceptors (Lipinski definition) is 7. The lowest BCUT2D eigenvalue weighted by atomic mass is 10.0. The van der Waals surface area contributed by atoms with Crippen LogP contribution in [0.4, 0.5) is 5.69 Å². The Morgan fingerprint density at radius 3 is 2.33 bits per heavy atom. The van der Waals surface area contributed by atoms with Gasteiger partial charge in [-0.2, -0.15) is 5.10 Å². The third-order valence-corrected chi connectivity index (χ3v) is 6.11. The molecule has 40 heavy (non-hydrogen) atoms. The summed E-state index contributed by atoms with van der Waals surface area (Å²) in [6.07, 6.45) is 1.36. The lowest BCUT2D eigenvalue weighted by Gasteiger charge is -2.07. The van der Waals surface area contributed by atoms with Gasteiger partial charge >= 0.3 is 5.97 Å². The zero-order chi connectivity index (χ0) is 28.1. The molecule has 1 amide bonds. The molecule has 0 unspecified atom stereocenters. The second kappa shape index (κ2) is 11.3. The number of fused-ring (bicyclic) bond motifs is 1. The zero-order valence-electron chi connectivity index (χ0n) is 21.2. The molecule has 198 valence electrons. The summed E-state index contributed by atoms with van der Waals surface area (Å²) < 4.78 is 11.0. The van der Waals surface area contributed by atoms with Gasteiger partial charge in [-0.3, -0.25) is 14.9 Å². The highest BCUT2D eigenvalue weighted by Crippen LogP contribution is 2.36. The standard InChI is InChI=1S/C30H22N4O6/c1-39-25-13-7-11-23-26(19-8-3-2-4-9-19)28(32-27(23)25)29(35)33-31-18-21-10-5-6-12-24(21)40-30(36)20-14-16-22(17-15-20)34(37)38/h2-18,32H,1H3,(H,33,35). The monoisotopic (exact) mass is 534 g/mol. The topological polar surface area (TPSA) is 136 Å². The number of H-pyrrole nitrogens is 1. The normalized spacial score (nSPS) is 10.9. The third-order valence-electron chi connectivity index (χ3n) is 6.11. The highest BCUT2D eigenvalue weighted by atomic mass is 16.6. The molecule has 10 heteroatoms. The van der Waals surface area contributed by atoms with Crippen molar-refractivity contribution in [1.29, 1.82) is 0 Å². The van der Waals surface area contributed by atoms with E-state index in [1.807, 2.05) is 48.5 Å². The Labute approximate surface area is 228 Å². The maximum Gasteiger partial charge on any atom is 0.343 e. The number of hydrogen-bond donors (Lipinski definition) is 2. The number of nitrogens with one attached hydrogen (secondary N) is 2. The second-order valence-corrected chi connectivity index (χ2v) is 8.55. The molecule has 4 aromatic carbocycles. The van der Waals surface area contributed by atoms with Gasteiger partial charge in [0.2, 0.25) is 0 Å². The number of nitrogens with zero attached hydrogens (tertiary/aromatic N) is 2. The lowest BCUT2D eigenvalue weighted by molar-refractivity contribution is -0.384. The minimum Gasteiger partial charge on any atom is -0.495 e. The fourth-order valence-corrected chi connectivity index (χ4v) is 4.21. The minimum atomic E-state index is -0.695. The van der Waals surface area contributed by atoms with Crippen molar-refractivity contribution in [1.82, 2.24) is 10.4 Å². The van der Waals surface area contributed by atoms with Gasteiger partial charge in [-0.15, -0.1) is 0 Å². The van der Waals surface area contributed by atoms with E-state index < -0.39 is 16.8 Å². The van der Waals surface area contributed by atoms with Crippen molar-refractivity contribution in [3.8, 4) is 22.6 Å². The maximum atomic E-state index is 13.3. The van der Waals surface area contributed by atoms with Crippen LogP contribution < -0.4 is 14.9 Å². The van der Waals surface area contributed by atoms with Crippen LogP contribution in [0.2, 0.25) is 0 Å². The van der Waals surface area contributed by atoms with E-state index in [1.54, 1.807) is 31.4 Å². The summed E-state index contributed by atoms with van der Waals surface area (Å²) >= 11 is 0. The SMILES string of the molecule is COc1cccc2c(-c3ccccc3)c(C(=O)NN=Cc3ccccc3OC(=O)c3ccc([N+](=O)[O-])cc3)[nH]c12. The van der Waals surface area contributed by atoms with Gasteiger partial charge in [0.15, 0.2) is 0 Å². The number of methoxy groups -OCH3 is 1. The average Bonchev–Trinajstić information content (AvgIpc) is 3.38. The smallest absolute Gasteiger partial charge is 0.343 e. The molecule has 0 atom stereocenters. The van der Waals surface area contributed by atoms with Crippen LogP contribution in [0.15, 0.2) is 102 Å². The molecule has 2 N–H and O–H groups in total. The summed E-state index contributed by atoms with van der Waals surface area (Å²) in [7, 11) is 1.56. The first-order valence-electron chi connectivity index (χ1n) is 12.1. The average molecular weight is 535 g/mol. The Morgan fingerprint density at radius 1 is 0.900 bits per heavy atom. The summed E-state index contributed by atoms with van der Waals surface area (Å²) in [6, 6.07) is 26.8. The number of para-hydroxylation sites is 2. The molecular weight excluding hydrogens is 512 g/mol. The van der Waals surface area contributed by atoms with Crippen molar-refractivity contribution in [3.63, 3.8) is 0 Å². The number of nitro benzene ring substituents is 1. The van der Waals surface area contributed by atoms with Crippen LogP contribution in [0, 0.1) is 10.1 Å². The number of non-ortho nitro benzene ring substituents is 1. The van der Waals surface area contributed by atoms with E-state index in [-0.39, 0.29) is 17.0 Å². The lowest BCUT2D eigenvalue weighted by Crippen LogP contribution is -2.19. The number of nitro groups is 1. The highest BCUT2D eigenvalue weighted by Gasteiger charge is 2.21. The van der Waals surface area contributed by atoms with Gasteiger partial charge in [-0.1, -0.05) is 54.6 Å². The van der Waals surface area contributed by atoms with Gasteiger partial charge in [0.05, 0.1) is 29.3 Å². The molecule has 0 spiro atoms. The molecule has 1 heterocycles. The van der Waals surface area contributed by atoms with E-state index in [0.717, 1.165) is 10.9 Å². The van der Waals surface area contributed by atoms with Crippen molar-refractivity contribution in [2.75, 3.05) is 7.11 Å². The van der Waals surface area contributed by atoms with Gasteiger partial charge in [-0.05, 0) is 35.9 Å². The zero-order valence-corrected chi connectivity index (χ0v) is 21.2. The number of benzene rings is 4. The number of carbonyl (C=O) groups excluding carboxylic acids is 2. The number of hydrazone groups is 1. The Kier molecular flexibility index (Phi) is 7.32. The van der Waals surface area contributed by atoms with Gasteiger partial charge < -0.3 is 14.5 Å². The van der Waals surface area contributed by atoms with Crippen molar-refractivity contribution >= 4 is 34.7 Å². The molecule has 0 fully saturated rings. The molecule has 5 rings (SSSR count). The van der Waals surface area contributed by atoms with Crippen molar-refractivity contribution < 1.29 is 24.0 Å². The first-order chi connectivity index (χ1) is 19.5. The molecule has 1 aromatic heterocycles. The number of esters is 1. The van der Waals surface area contributed by atoms with E-state index in [9.17, 15) is 19.7 Å². The summed E-state index contributed by atoms with van der Waals surface area (Å²) in [5.41, 5.74) is 5.52. The van der Waals surface area contributed by atoms with Gasteiger partial charge in [-0.25, -0.2) is 10.2 Å². The quantitative estimate of drug-likeness (QED) is 0.0857. The number of carbonyl (C=O) groups is 2. The van der Waals surface area contributed by atoms with Gasteiger partial charge in [0.1, 0.15) is 17.2 Å². The Hall–Kier alpha value is -5.77. The van der Waals surface area contributed by atoms with Crippen LogP contribution >= 0.6 is 0 Å². The molecule has 0 aliphatic heterocycles. The van der Waals surface area contributed by atoms with E-state index in [2.05, 4.69) is 15.5 Å². The van der Waals surface area contributed by atoms with Crippen molar-refractivity contribution in [3.05, 3.63) is 124 Å². The van der Waals surface area contributed by atoms with Crippen LogP contribution in [0.1, 0.15) is 26.4 Å².